The maximum Gasteiger partial charge on any atom is 0.337 e. The van der Waals surface area contributed by atoms with Crippen molar-refractivity contribution in [3.05, 3.63) is 29.8 Å². The van der Waals surface area contributed by atoms with Crippen LogP contribution >= 0.6 is 0 Å². The van der Waals surface area contributed by atoms with E-state index in [0.29, 0.717) is 0 Å². The predicted octanol–water partition coefficient (Wildman–Crippen LogP) is -0.552. The average molecular weight is 303 g/mol. The molecule has 0 atom stereocenters. The Labute approximate surface area is 117 Å². The molecule has 0 saturated carbocycles. The lowest BCUT2D eigenvalue weighted by molar-refractivity contribution is 0.0600. The molecule has 0 radical (unpaired) electrons. The van der Waals surface area contributed by atoms with Gasteiger partial charge in [-0.2, -0.15) is 4.31 Å². The van der Waals surface area contributed by atoms with Gasteiger partial charge in [0, 0.05) is 13.1 Å². The molecule has 1 aromatic rings. The molecule has 0 heterocycles. The van der Waals surface area contributed by atoms with Crippen molar-refractivity contribution in [2.45, 2.75) is 4.90 Å². The normalized spacial score (nSPS) is 11.6. The highest BCUT2D eigenvalue weighted by molar-refractivity contribution is 7.89. The summed E-state index contributed by atoms with van der Waals surface area (Å²) < 4.78 is 30.1. The van der Waals surface area contributed by atoms with Crippen molar-refractivity contribution in [3.63, 3.8) is 0 Å². The number of benzene rings is 1. The highest BCUT2D eigenvalue weighted by Gasteiger charge is 2.24. The zero-order valence-corrected chi connectivity index (χ0v) is 11.8. The molecule has 0 unspecified atom stereocenters. The minimum absolute atomic E-state index is 0.0951. The molecular weight excluding hydrogens is 286 g/mol. The molecule has 2 N–H and O–H groups in total. The van der Waals surface area contributed by atoms with Gasteiger partial charge in [-0.15, -0.1) is 0 Å². The lowest BCUT2D eigenvalue weighted by Crippen LogP contribution is -2.35. The predicted molar refractivity (Wildman–Crippen MR) is 70.7 cm³/mol. The largest absolute Gasteiger partial charge is 0.465 e. The number of aliphatic hydroxyl groups is 2. The van der Waals surface area contributed by atoms with Crippen LogP contribution in [0.4, 0.5) is 0 Å². The molecule has 20 heavy (non-hydrogen) atoms. The third-order valence-electron chi connectivity index (χ3n) is 2.59. The number of nitrogens with zero attached hydrogens (tertiary/aromatic N) is 1. The number of aliphatic hydroxyl groups excluding tert-OH is 2. The highest BCUT2D eigenvalue weighted by atomic mass is 32.2. The molecule has 0 fully saturated rings. The van der Waals surface area contributed by atoms with E-state index in [2.05, 4.69) is 4.74 Å². The molecule has 0 amide bonds. The zero-order chi connectivity index (χ0) is 15.2. The third kappa shape index (κ3) is 3.76. The summed E-state index contributed by atoms with van der Waals surface area (Å²) >= 11 is 0. The number of ether oxygens (including phenoxy) is 1. The van der Waals surface area contributed by atoms with Gasteiger partial charge < -0.3 is 14.9 Å². The zero-order valence-electron chi connectivity index (χ0n) is 11.0. The van der Waals surface area contributed by atoms with Gasteiger partial charge in [-0.25, -0.2) is 13.2 Å². The van der Waals surface area contributed by atoms with Gasteiger partial charge >= 0.3 is 5.97 Å². The van der Waals surface area contributed by atoms with Gasteiger partial charge in [0.25, 0.3) is 0 Å². The molecule has 0 spiro atoms. The van der Waals surface area contributed by atoms with Crippen molar-refractivity contribution >= 4 is 16.0 Å². The summed E-state index contributed by atoms with van der Waals surface area (Å²) in [7, 11) is -2.68. The third-order valence-corrected chi connectivity index (χ3v) is 4.49. The van der Waals surface area contributed by atoms with Crippen LogP contribution in [0, 0.1) is 0 Å². The van der Waals surface area contributed by atoms with E-state index in [0.717, 1.165) is 4.31 Å². The fraction of sp³-hybridized carbons (Fsp3) is 0.417. The second kappa shape index (κ2) is 7.34. The highest BCUT2D eigenvalue weighted by Crippen LogP contribution is 2.17. The molecule has 8 heteroatoms. The number of carbonyl (C=O) groups is 1. The monoisotopic (exact) mass is 303 g/mol. The SMILES string of the molecule is COC(=O)c1cccc(S(=O)(=O)N(CCO)CCO)c1. The number of esters is 1. The Hall–Kier alpha value is -1.48. The van der Waals surface area contributed by atoms with Gasteiger partial charge in [-0.1, -0.05) is 6.07 Å². The van der Waals surface area contributed by atoms with Crippen molar-refractivity contribution in [2.75, 3.05) is 33.4 Å². The summed E-state index contributed by atoms with van der Waals surface area (Å²) in [5.74, 6) is -0.641. The summed E-state index contributed by atoms with van der Waals surface area (Å²) in [5.41, 5.74) is 0.113. The first-order valence-corrected chi connectivity index (χ1v) is 7.31. The second-order valence-electron chi connectivity index (χ2n) is 3.87. The lowest BCUT2D eigenvalue weighted by Gasteiger charge is -2.20. The van der Waals surface area contributed by atoms with Crippen molar-refractivity contribution in [1.29, 1.82) is 0 Å². The molecule has 0 aromatic heterocycles. The molecule has 0 aliphatic carbocycles. The standard InChI is InChI=1S/C12H17NO6S/c1-19-12(16)10-3-2-4-11(9-10)20(17,18)13(5-7-14)6-8-15/h2-4,9,14-15H,5-8H2,1H3. The molecule has 112 valence electrons. The fourth-order valence-electron chi connectivity index (χ4n) is 1.63. The number of hydrogen-bond donors (Lipinski definition) is 2. The van der Waals surface area contributed by atoms with Gasteiger partial charge in [-0.05, 0) is 18.2 Å². The number of carbonyl (C=O) groups excluding carboxylic acids is 1. The van der Waals surface area contributed by atoms with Crippen LogP contribution in [0.1, 0.15) is 10.4 Å². The number of hydrogen-bond acceptors (Lipinski definition) is 6. The minimum atomic E-state index is -3.88. The first-order valence-electron chi connectivity index (χ1n) is 5.87. The van der Waals surface area contributed by atoms with E-state index < -0.39 is 16.0 Å². The van der Waals surface area contributed by atoms with E-state index >= 15 is 0 Å². The quantitative estimate of drug-likeness (QED) is 0.655. The minimum Gasteiger partial charge on any atom is -0.465 e. The summed E-state index contributed by atoms with van der Waals surface area (Å²) in [5, 5.41) is 17.8. The smallest absolute Gasteiger partial charge is 0.337 e. The topological polar surface area (TPSA) is 104 Å². The van der Waals surface area contributed by atoms with E-state index in [1.54, 1.807) is 0 Å². The molecule has 0 saturated heterocycles. The molecule has 7 nitrogen and oxygen atoms in total. The van der Waals surface area contributed by atoms with E-state index in [9.17, 15) is 13.2 Å². The van der Waals surface area contributed by atoms with E-state index in [4.69, 9.17) is 10.2 Å². The number of methoxy groups -OCH3 is 1. The summed E-state index contributed by atoms with van der Waals surface area (Å²) in [6.07, 6.45) is 0. The van der Waals surface area contributed by atoms with Crippen molar-refractivity contribution in [1.82, 2.24) is 4.31 Å². The van der Waals surface area contributed by atoms with E-state index in [1.807, 2.05) is 0 Å². The van der Waals surface area contributed by atoms with Crippen molar-refractivity contribution in [3.8, 4) is 0 Å². The summed E-state index contributed by atoms with van der Waals surface area (Å²) in [6.45, 7) is -0.997. The van der Waals surface area contributed by atoms with Gasteiger partial charge in [0.2, 0.25) is 10.0 Å². The molecule has 1 aromatic carbocycles. The molecular formula is C12H17NO6S. The van der Waals surface area contributed by atoms with Gasteiger partial charge in [-0.3, -0.25) is 0 Å². The Morgan fingerprint density at radius 2 is 1.85 bits per heavy atom. The van der Waals surface area contributed by atoms with Crippen LogP contribution in [-0.4, -0.2) is 62.3 Å². The maximum absolute atomic E-state index is 12.3. The average Bonchev–Trinajstić information content (AvgIpc) is 2.46. The van der Waals surface area contributed by atoms with Crippen molar-refractivity contribution in [2.24, 2.45) is 0 Å². The van der Waals surface area contributed by atoms with Crippen LogP contribution in [-0.2, 0) is 14.8 Å². The van der Waals surface area contributed by atoms with Crippen LogP contribution < -0.4 is 0 Å². The van der Waals surface area contributed by atoms with Gasteiger partial charge in [0.05, 0.1) is 30.8 Å². The van der Waals surface area contributed by atoms with Gasteiger partial charge in [0.1, 0.15) is 0 Å². The second-order valence-corrected chi connectivity index (χ2v) is 5.81. The number of sulfonamides is 1. The van der Waals surface area contributed by atoms with E-state index in [-0.39, 0.29) is 36.8 Å². The molecule has 0 aliphatic rings. The van der Waals surface area contributed by atoms with Gasteiger partial charge in [0.15, 0.2) is 0 Å². The fourth-order valence-corrected chi connectivity index (χ4v) is 3.09. The Morgan fingerprint density at radius 1 is 1.25 bits per heavy atom. The van der Waals surface area contributed by atoms with Crippen molar-refractivity contribution < 1.29 is 28.2 Å². The Balaban J connectivity index is 3.16. The first kappa shape index (κ1) is 16.6. The number of rotatable bonds is 7. The Bertz CT molecular complexity index is 551. The van der Waals surface area contributed by atoms with Crippen LogP contribution in [0.2, 0.25) is 0 Å². The summed E-state index contributed by atoms with van der Waals surface area (Å²) in [6, 6.07) is 5.40. The molecule has 1 rings (SSSR count). The van der Waals surface area contributed by atoms with Crippen LogP contribution in [0.3, 0.4) is 0 Å². The van der Waals surface area contributed by atoms with E-state index in [1.165, 1.54) is 31.4 Å². The Morgan fingerprint density at radius 3 is 2.35 bits per heavy atom. The maximum atomic E-state index is 12.3. The van der Waals surface area contributed by atoms with Crippen LogP contribution in [0.25, 0.3) is 0 Å². The Kier molecular flexibility index (Phi) is 6.08. The summed E-state index contributed by atoms with van der Waals surface area (Å²) in [4.78, 5) is 11.3. The molecule has 0 bridgehead atoms. The first-order chi connectivity index (χ1) is 9.47. The van der Waals surface area contributed by atoms with Crippen LogP contribution in [0.5, 0.6) is 0 Å². The van der Waals surface area contributed by atoms with Crippen LogP contribution in [0.15, 0.2) is 29.2 Å². The lowest BCUT2D eigenvalue weighted by atomic mass is 10.2. The molecule has 0 aliphatic heterocycles.